The van der Waals surface area contributed by atoms with E-state index in [2.05, 4.69) is 40.4 Å². The lowest BCUT2D eigenvalue weighted by Crippen LogP contribution is -2.23. The predicted molar refractivity (Wildman–Crippen MR) is 104 cm³/mol. The van der Waals surface area contributed by atoms with Crippen molar-refractivity contribution in [3.8, 4) is 5.88 Å². The SMILES string of the molecule is CCCCCN1Cc2ccc(CNC(=O)c3cc4n(n3)CCCO4)cc2C1. The fourth-order valence-electron chi connectivity index (χ4n) is 3.82. The maximum atomic E-state index is 12.4. The van der Waals surface area contributed by atoms with Crippen molar-refractivity contribution in [3.63, 3.8) is 0 Å². The van der Waals surface area contributed by atoms with Gasteiger partial charge >= 0.3 is 0 Å². The van der Waals surface area contributed by atoms with Crippen LogP contribution in [0.3, 0.4) is 0 Å². The largest absolute Gasteiger partial charge is 0.478 e. The summed E-state index contributed by atoms with van der Waals surface area (Å²) in [5, 5.41) is 7.32. The lowest BCUT2D eigenvalue weighted by atomic mass is 10.1. The van der Waals surface area contributed by atoms with Gasteiger partial charge in [-0.2, -0.15) is 5.10 Å². The van der Waals surface area contributed by atoms with Crippen LogP contribution in [0.5, 0.6) is 5.88 Å². The maximum Gasteiger partial charge on any atom is 0.272 e. The number of fused-ring (bicyclic) bond motifs is 2. The van der Waals surface area contributed by atoms with Crippen LogP contribution in [0.25, 0.3) is 0 Å². The predicted octanol–water partition coefficient (Wildman–Crippen LogP) is 3.10. The summed E-state index contributed by atoms with van der Waals surface area (Å²) >= 11 is 0. The first-order chi connectivity index (χ1) is 13.2. The van der Waals surface area contributed by atoms with Gasteiger partial charge in [0.2, 0.25) is 5.88 Å². The van der Waals surface area contributed by atoms with Gasteiger partial charge in [0.1, 0.15) is 0 Å². The molecule has 1 aromatic heterocycles. The van der Waals surface area contributed by atoms with Crippen LogP contribution >= 0.6 is 0 Å². The topological polar surface area (TPSA) is 59.4 Å². The molecular weight excluding hydrogens is 340 g/mol. The minimum absolute atomic E-state index is 0.151. The van der Waals surface area contributed by atoms with E-state index in [4.69, 9.17) is 4.74 Å². The first kappa shape index (κ1) is 18.0. The third-order valence-corrected chi connectivity index (χ3v) is 5.33. The van der Waals surface area contributed by atoms with E-state index in [1.165, 1.54) is 36.9 Å². The Morgan fingerprint density at radius 3 is 2.96 bits per heavy atom. The van der Waals surface area contributed by atoms with Crippen LogP contribution in [0.4, 0.5) is 0 Å². The molecule has 0 fully saturated rings. The van der Waals surface area contributed by atoms with Crippen LogP contribution in [-0.2, 0) is 26.2 Å². The normalized spacial score (nSPS) is 15.9. The van der Waals surface area contributed by atoms with Gasteiger partial charge in [0.05, 0.1) is 6.61 Å². The molecular formula is C21H28N4O2. The van der Waals surface area contributed by atoms with Gasteiger partial charge in [0, 0.05) is 38.7 Å². The monoisotopic (exact) mass is 368 g/mol. The lowest BCUT2D eigenvalue weighted by Gasteiger charge is -2.13. The van der Waals surface area contributed by atoms with Crippen molar-refractivity contribution in [3.05, 3.63) is 46.6 Å². The molecule has 6 nitrogen and oxygen atoms in total. The summed E-state index contributed by atoms with van der Waals surface area (Å²) in [6.07, 6.45) is 4.76. The Labute approximate surface area is 160 Å². The second-order valence-electron chi connectivity index (χ2n) is 7.50. The second-order valence-corrected chi connectivity index (χ2v) is 7.50. The molecule has 0 unspecified atom stereocenters. The number of nitrogens with one attached hydrogen (secondary N) is 1. The minimum atomic E-state index is -0.151. The smallest absolute Gasteiger partial charge is 0.272 e. The molecule has 27 heavy (non-hydrogen) atoms. The van der Waals surface area contributed by atoms with Gasteiger partial charge in [0.25, 0.3) is 5.91 Å². The molecule has 2 aromatic rings. The lowest BCUT2D eigenvalue weighted by molar-refractivity contribution is 0.0945. The van der Waals surface area contributed by atoms with Crippen LogP contribution in [0.2, 0.25) is 0 Å². The van der Waals surface area contributed by atoms with Crippen molar-refractivity contribution in [2.45, 2.75) is 58.8 Å². The molecule has 3 heterocycles. The number of ether oxygens (including phenoxy) is 1. The fourth-order valence-corrected chi connectivity index (χ4v) is 3.82. The average molecular weight is 368 g/mol. The maximum absolute atomic E-state index is 12.4. The quantitative estimate of drug-likeness (QED) is 0.763. The number of hydrogen-bond donors (Lipinski definition) is 1. The number of carbonyl (C=O) groups is 1. The molecule has 1 N–H and O–H groups in total. The van der Waals surface area contributed by atoms with Gasteiger partial charge < -0.3 is 10.1 Å². The van der Waals surface area contributed by atoms with Crippen LogP contribution in [0, 0.1) is 0 Å². The van der Waals surface area contributed by atoms with Gasteiger partial charge in [-0.3, -0.25) is 9.69 Å². The number of nitrogens with zero attached hydrogens (tertiary/aromatic N) is 3. The minimum Gasteiger partial charge on any atom is -0.478 e. The van der Waals surface area contributed by atoms with Crippen LogP contribution in [-0.4, -0.2) is 33.7 Å². The number of carbonyl (C=O) groups excluding carboxylic acids is 1. The summed E-state index contributed by atoms with van der Waals surface area (Å²) in [5.41, 5.74) is 4.37. The zero-order valence-electron chi connectivity index (χ0n) is 16.0. The summed E-state index contributed by atoms with van der Waals surface area (Å²) in [6, 6.07) is 8.29. The third-order valence-electron chi connectivity index (χ3n) is 5.33. The number of unbranched alkanes of at least 4 members (excludes halogenated alkanes) is 2. The van der Waals surface area contributed by atoms with Crippen molar-refractivity contribution < 1.29 is 9.53 Å². The molecule has 0 atom stereocenters. The van der Waals surface area contributed by atoms with Gasteiger partial charge in [-0.25, -0.2) is 4.68 Å². The van der Waals surface area contributed by atoms with Gasteiger partial charge in [-0.05, 0) is 29.7 Å². The van der Waals surface area contributed by atoms with Crippen molar-refractivity contribution in [2.75, 3.05) is 13.2 Å². The molecule has 0 radical (unpaired) electrons. The Hall–Kier alpha value is -2.34. The Morgan fingerprint density at radius 1 is 1.22 bits per heavy atom. The first-order valence-electron chi connectivity index (χ1n) is 10.0. The Bertz CT molecular complexity index is 791. The summed E-state index contributed by atoms with van der Waals surface area (Å²) in [5.74, 6) is 0.536. The molecule has 0 spiro atoms. The summed E-state index contributed by atoms with van der Waals surface area (Å²) in [7, 11) is 0. The molecule has 0 bridgehead atoms. The Morgan fingerprint density at radius 2 is 2.11 bits per heavy atom. The average Bonchev–Trinajstić information content (AvgIpc) is 3.29. The van der Waals surface area contributed by atoms with Crippen molar-refractivity contribution >= 4 is 5.91 Å². The van der Waals surface area contributed by atoms with Gasteiger partial charge in [-0.15, -0.1) is 0 Å². The number of aromatic nitrogens is 2. The van der Waals surface area contributed by atoms with E-state index in [1.54, 1.807) is 10.7 Å². The highest BCUT2D eigenvalue weighted by Gasteiger charge is 2.20. The van der Waals surface area contributed by atoms with E-state index in [0.717, 1.165) is 31.6 Å². The van der Waals surface area contributed by atoms with E-state index in [9.17, 15) is 4.79 Å². The van der Waals surface area contributed by atoms with E-state index in [-0.39, 0.29) is 5.91 Å². The second kappa shape index (κ2) is 8.13. The zero-order chi connectivity index (χ0) is 18.6. The molecule has 2 aliphatic heterocycles. The van der Waals surface area contributed by atoms with Gasteiger partial charge in [0.15, 0.2) is 5.69 Å². The highest BCUT2D eigenvalue weighted by atomic mass is 16.5. The molecule has 0 saturated heterocycles. The number of hydrogen-bond acceptors (Lipinski definition) is 4. The van der Waals surface area contributed by atoms with Crippen molar-refractivity contribution in [1.82, 2.24) is 20.0 Å². The zero-order valence-corrected chi connectivity index (χ0v) is 16.0. The summed E-state index contributed by atoms with van der Waals surface area (Å²) < 4.78 is 7.29. The molecule has 1 aromatic carbocycles. The summed E-state index contributed by atoms with van der Waals surface area (Å²) in [6.45, 7) is 7.50. The van der Waals surface area contributed by atoms with E-state index < -0.39 is 0 Å². The Kier molecular flexibility index (Phi) is 5.43. The molecule has 144 valence electrons. The molecule has 1 amide bonds. The van der Waals surface area contributed by atoms with Crippen molar-refractivity contribution in [2.24, 2.45) is 0 Å². The number of amides is 1. The summed E-state index contributed by atoms with van der Waals surface area (Å²) in [4.78, 5) is 14.9. The fraction of sp³-hybridized carbons (Fsp3) is 0.524. The first-order valence-corrected chi connectivity index (χ1v) is 10.0. The highest BCUT2D eigenvalue weighted by Crippen LogP contribution is 2.24. The van der Waals surface area contributed by atoms with Crippen LogP contribution < -0.4 is 10.1 Å². The number of benzene rings is 1. The third kappa shape index (κ3) is 4.16. The molecule has 6 heteroatoms. The van der Waals surface area contributed by atoms with Gasteiger partial charge in [-0.1, -0.05) is 38.0 Å². The number of rotatable bonds is 7. The molecule has 2 aliphatic rings. The molecule has 4 rings (SSSR count). The van der Waals surface area contributed by atoms with Crippen LogP contribution in [0.1, 0.15) is 59.8 Å². The van der Waals surface area contributed by atoms with E-state index in [1.807, 2.05) is 0 Å². The van der Waals surface area contributed by atoms with E-state index >= 15 is 0 Å². The Balaban J connectivity index is 1.32. The number of aryl methyl sites for hydroxylation is 1. The van der Waals surface area contributed by atoms with Crippen molar-refractivity contribution in [1.29, 1.82) is 0 Å². The molecule has 0 aliphatic carbocycles. The highest BCUT2D eigenvalue weighted by molar-refractivity contribution is 5.92. The molecule has 0 saturated carbocycles. The standard InChI is InChI=1S/C21H28N4O2/c1-2-3-4-8-24-14-17-7-6-16(11-18(17)15-24)13-22-21(26)19-12-20-25(23-19)9-5-10-27-20/h6-7,11-12H,2-5,8-10,13-15H2,1H3,(H,22,26). The van der Waals surface area contributed by atoms with E-state index in [0.29, 0.717) is 24.7 Å². The van der Waals surface area contributed by atoms with Crippen LogP contribution in [0.15, 0.2) is 24.3 Å².